The molecule has 0 bridgehead atoms. The second kappa shape index (κ2) is 7.63. The molecule has 154 valence electrons. The van der Waals surface area contributed by atoms with E-state index in [1.807, 2.05) is 35.2 Å². The molecular formula is C24H25N3O3. The first kappa shape index (κ1) is 18.9. The van der Waals surface area contributed by atoms with Gasteiger partial charge in [0.2, 0.25) is 5.91 Å². The Labute approximate surface area is 175 Å². The van der Waals surface area contributed by atoms with E-state index in [4.69, 9.17) is 4.42 Å². The van der Waals surface area contributed by atoms with E-state index in [1.165, 1.54) is 5.56 Å². The van der Waals surface area contributed by atoms with E-state index >= 15 is 0 Å². The van der Waals surface area contributed by atoms with Crippen molar-refractivity contribution in [1.29, 1.82) is 0 Å². The van der Waals surface area contributed by atoms with E-state index in [9.17, 15) is 9.90 Å². The molecule has 0 aliphatic carbocycles. The van der Waals surface area contributed by atoms with Gasteiger partial charge < -0.3 is 14.4 Å². The summed E-state index contributed by atoms with van der Waals surface area (Å²) in [6, 6.07) is 18.8. The molecule has 5 rings (SSSR count). The summed E-state index contributed by atoms with van der Waals surface area (Å²) in [5, 5.41) is 10.5. The number of nitrogens with one attached hydrogen (secondary N) is 2. The van der Waals surface area contributed by atoms with Crippen LogP contribution >= 0.6 is 0 Å². The zero-order chi connectivity index (χ0) is 20.7. The smallest absolute Gasteiger partial charge is 0.242 e. The van der Waals surface area contributed by atoms with Crippen molar-refractivity contribution in [2.45, 2.75) is 38.0 Å². The predicted molar refractivity (Wildman–Crippen MR) is 112 cm³/mol. The maximum absolute atomic E-state index is 13.4. The summed E-state index contributed by atoms with van der Waals surface area (Å²) in [7, 11) is 0. The van der Waals surface area contributed by atoms with Crippen molar-refractivity contribution in [3.05, 3.63) is 89.4 Å². The summed E-state index contributed by atoms with van der Waals surface area (Å²) in [5.41, 5.74) is 9.60. The van der Waals surface area contributed by atoms with Crippen LogP contribution in [0.3, 0.4) is 0 Å². The number of phenolic OH excluding ortho intramolecular Hbond substituents is 1. The molecular weight excluding hydrogens is 378 g/mol. The lowest BCUT2D eigenvalue weighted by Crippen LogP contribution is -2.41. The molecule has 3 heterocycles. The Hall–Kier alpha value is -3.09. The van der Waals surface area contributed by atoms with Crippen molar-refractivity contribution < 1.29 is 14.3 Å². The monoisotopic (exact) mass is 403 g/mol. The zero-order valence-electron chi connectivity index (χ0n) is 16.8. The lowest BCUT2D eigenvalue weighted by atomic mass is 9.83. The Bertz CT molecular complexity index is 1030. The maximum Gasteiger partial charge on any atom is 0.242 e. The molecule has 2 aliphatic rings. The normalized spacial score (nSPS) is 25.6. The summed E-state index contributed by atoms with van der Waals surface area (Å²) in [6.45, 7) is 2.54. The van der Waals surface area contributed by atoms with Crippen molar-refractivity contribution in [3.8, 4) is 5.75 Å². The molecule has 0 spiro atoms. The molecule has 30 heavy (non-hydrogen) atoms. The third-order valence-corrected chi connectivity index (χ3v) is 6.32. The van der Waals surface area contributed by atoms with Crippen LogP contribution in [-0.2, 0) is 17.8 Å². The number of furan rings is 1. The summed E-state index contributed by atoms with van der Waals surface area (Å²) in [4.78, 5) is 15.3. The summed E-state index contributed by atoms with van der Waals surface area (Å²) in [5.74, 6) is 0.944. The third-order valence-electron chi connectivity index (χ3n) is 6.32. The van der Waals surface area contributed by atoms with Crippen LogP contribution in [0, 0.1) is 5.92 Å². The molecule has 2 fully saturated rings. The molecule has 0 radical (unpaired) electrons. The lowest BCUT2D eigenvalue weighted by Gasteiger charge is -2.31. The fourth-order valence-corrected chi connectivity index (χ4v) is 4.81. The highest BCUT2D eigenvalue weighted by Crippen LogP contribution is 2.49. The molecule has 0 saturated carbocycles. The van der Waals surface area contributed by atoms with Gasteiger partial charge >= 0.3 is 0 Å². The van der Waals surface area contributed by atoms with E-state index in [-0.39, 0.29) is 35.7 Å². The highest BCUT2D eigenvalue weighted by molar-refractivity contribution is 5.86. The highest BCUT2D eigenvalue weighted by atomic mass is 16.3. The van der Waals surface area contributed by atoms with Gasteiger partial charge in [0.1, 0.15) is 17.6 Å². The average molecular weight is 403 g/mol. The molecule has 1 aromatic heterocycles. The van der Waals surface area contributed by atoms with Crippen LogP contribution in [0.5, 0.6) is 5.75 Å². The first-order chi connectivity index (χ1) is 14.7. The van der Waals surface area contributed by atoms with Crippen molar-refractivity contribution in [1.82, 2.24) is 15.8 Å². The molecule has 6 heteroatoms. The van der Waals surface area contributed by atoms with Gasteiger partial charge in [-0.15, -0.1) is 0 Å². The fraction of sp³-hybridized carbons (Fsp3) is 0.292. The van der Waals surface area contributed by atoms with Crippen LogP contribution in [0.1, 0.15) is 41.5 Å². The highest BCUT2D eigenvalue weighted by Gasteiger charge is 2.55. The van der Waals surface area contributed by atoms with E-state index in [0.29, 0.717) is 6.54 Å². The number of hydrogen-bond acceptors (Lipinski definition) is 5. The van der Waals surface area contributed by atoms with Gasteiger partial charge in [-0.3, -0.25) is 4.79 Å². The maximum atomic E-state index is 13.4. The van der Waals surface area contributed by atoms with Gasteiger partial charge in [-0.2, -0.15) is 0 Å². The largest absolute Gasteiger partial charge is 0.508 e. The van der Waals surface area contributed by atoms with Crippen molar-refractivity contribution >= 4 is 5.91 Å². The van der Waals surface area contributed by atoms with Gasteiger partial charge in [-0.05, 0) is 35.7 Å². The van der Waals surface area contributed by atoms with Gasteiger partial charge in [0, 0.05) is 11.5 Å². The quantitative estimate of drug-likeness (QED) is 0.608. The molecule has 4 unspecified atom stereocenters. The lowest BCUT2D eigenvalue weighted by molar-refractivity contribution is -0.131. The number of para-hydroxylation sites is 1. The Kier molecular flexibility index (Phi) is 4.81. The zero-order valence-corrected chi connectivity index (χ0v) is 16.8. The fourth-order valence-electron chi connectivity index (χ4n) is 4.81. The molecule has 1 amide bonds. The van der Waals surface area contributed by atoms with Crippen molar-refractivity contribution in [3.63, 3.8) is 0 Å². The van der Waals surface area contributed by atoms with Gasteiger partial charge in [0.15, 0.2) is 0 Å². The van der Waals surface area contributed by atoms with Crippen LogP contribution in [0.15, 0.2) is 71.3 Å². The number of likely N-dealkylation sites (tertiary alicyclic amines) is 1. The number of rotatable bonds is 5. The van der Waals surface area contributed by atoms with Gasteiger partial charge in [-0.1, -0.05) is 49.4 Å². The Morgan fingerprint density at radius 2 is 1.77 bits per heavy atom. The second-order valence-corrected chi connectivity index (χ2v) is 7.97. The minimum Gasteiger partial charge on any atom is -0.508 e. The van der Waals surface area contributed by atoms with Crippen LogP contribution in [-0.4, -0.2) is 22.0 Å². The van der Waals surface area contributed by atoms with Crippen molar-refractivity contribution in [2.24, 2.45) is 5.92 Å². The minimum atomic E-state index is -0.375. The standard InChI is InChI=1S/C24H25N3O3/c1-2-15-9-11-16(12-10-15)23-20-21(18-7-3-4-8-19(18)28)25-26-22(20)24(29)27(23)14-17-6-5-13-30-17/h3-13,20-23,25-26,28H,2,14H2,1H3. The molecule has 6 nitrogen and oxygen atoms in total. The molecule has 3 aromatic rings. The number of nitrogens with zero attached hydrogens (tertiary/aromatic N) is 1. The van der Waals surface area contributed by atoms with Crippen LogP contribution in [0.4, 0.5) is 0 Å². The summed E-state index contributed by atoms with van der Waals surface area (Å²) < 4.78 is 5.55. The molecule has 2 aliphatic heterocycles. The van der Waals surface area contributed by atoms with E-state index < -0.39 is 0 Å². The average Bonchev–Trinajstić information content (AvgIpc) is 3.49. The minimum absolute atomic E-state index is 0.0337. The van der Waals surface area contributed by atoms with Crippen LogP contribution in [0.25, 0.3) is 0 Å². The first-order valence-corrected chi connectivity index (χ1v) is 10.4. The van der Waals surface area contributed by atoms with Crippen LogP contribution in [0.2, 0.25) is 0 Å². The van der Waals surface area contributed by atoms with Gasteiger partial charge in [0.25, 0.3) is 0 Å². The van der Waals surface area contributed by atoms with E-state index in [0.717, 1.165) is 23.3 Å². The number of benzene rings is 2. The Morgan fingerprint density at radius 3 is 2.47 bits per heavy atom. The Balaban J connectivity index is 1.57. The number of aryl methyl sites for hydroxylation is 1. The topological polar surface area (TPSA) is 77.7 Å². The number of aromatic hydroxyl groups is 1. The number of phenols is 1. The number of hydrazine groups is 1. The molecule has 2 aromatic carbocycles. The number of amides is 1. The molecule has 3 N–H and O–H groups in total. The number of fused-ring (bicyclic) bond motifs is 1. The third kappa shape index (κ3) is 3.09. The van der Waals surface area contributed by atoms with E-state index in [1.54, 1.807) is 12.3 Å². The Morgan fingerprint density at radius 1 is 1.00 bits per heavy atom. The first-order valence-electron chi connectivity index (χ1n) is 10.4. The molecule has 4 atom stereocenters. The van der Waals surface area contributed by atoms with Crippen molar-refractivity contribution in [2.75, 3.05) is 0 Å². The molecule has 2 saturated heterocycles. The summed E-state index contributed by atoms with van der Waals surface area (Å²) in [6.07, 6.45) is 2.60. The van der Waals surface area contributed by atoms with Crippen LogP contribution < -0.4 is 10.9 Å². The predicted octanol–water partition coefficient (Wildman–Crippen LogP) is 3.47. The summed E-state index contributed by atoms with van der Waals surface area (Å²) >= 11 is 0. The second-order valence-electron chi connectivity index (χ2n) is 7.97. The van der Waals surface area contributed by atoms with Gasteiger partial charge in [-0.25, -0.2) is 10.9 Å². The number of carbonyl (C=O) groups excluding carboxylic acids is 1. The number of carbonyl (C=O) groups is 1. The number of hydrogen-bond donors (Lipinski definition) is 3. The van der Waals surface area contributed by atoms with E-state index in [2.05, 4.69) is 42.0 Å². The SMILES string of the molecule is CCc1ccc(C2C3C(NNC3c3ccccc3O)C(=O)N2Cc2ccco2)cc1. The van der Waals surface area contributed by atoms with Gasteiger partial charge in [0.05, 0.1) is 24.9 Å².